The van der Waals surface area contributed by atoms with E-state index in [-0.39, 0.29) is 0 Å². The number of rotatable bonds is 8. The van der Waals surface area contributed by atoms with Crippen LogP contribution < -0.4 is 20.3 Å². The number of hydrazine groups is 1. The number of para-hydroxylation sites is 2. The van der Waals surface area contributed by atoms with E-state index >= 15 is 0 Å². The molecular weight excluding hydrogens is 276 g/mol. The molecule has 0 aliphatic heterocycles. The number of hydrogen-bond donors (Lipinski definition) is 2. The fraction of sp³-hybridized carbons (Fsp3) is 0.222. The molecule has 2 aromatic rings. The highest BCUT2D eigenvalue weighted by Gasteiger charge is 2.10. The Kier molecular flexibility index (Phi) is 5.86. The normalized spacial score (nSPS) is 10.1. The molecule has 0 aliphatic carbocycles. The second-order valence-corrected chi connectivity index (χ2v) is 5.04. The highest BCUT2D eigenvalue weighted by Crippen LogP contribution is 2.31. The molecule has 0 radical (unpaired) electrons. The molecule has 0 aromatic heterocycles. The smallest absolute Gasteiger partial charge is 0.166 e. The van der Waals surface area contributed by atoms with Crippen molar-refractivity contribution in [3.05, 3.63) is 66.2 Å². The molecule has 0 atom stereocenters. The van der Waals surface area contributed by atoms with Gasteiger partial charge in [-0.3, -0.25) is 0 Å². The summed E-state index contributed by atoms with van der Waals surface area (Å²) in [6.07, 6.45) is 0. The third kappa shape index (κ3) is 4.53. The van der Waals surface area contributed by atoms with E-state index in [0.717, 1.165) is 28.3 Å². The Morgan fingerprint density at radius 3 is 2.55 bits per heavy atom. The van der Waals surface area contributed by atoms with E-state index in [4.69, 9.17) is 9.47 Å². The first-order valence-corrected chi connectivity index (χ1v) is 7.17. The van der Waals surface area contributed by atoms with Crippen LogP contribution in [0.25, 0.3) is 0 Å². The first-order chi connectivity index (χ1) is 10.7. The maximum atomic E-state index is 5.83. The minimum atomic E-state index is 0.472. The summed E-state index contributed by atoms with van der Waals surface area (Å²) in [5.74, 6) is 1.47. The quantitative estimate of drug-likeness (QED) is 0.575. The minimum Gasteiger partial charge on any atom is -0.493 e. The van der Waals surface area contributed by atoms with Crippen LogP contribution in [0.4, 0.5) is 5.69 Å². The van der Waals surface area contributed by atoms with Crippen LogP contribution in [0.2, 0.25) is 0 Å². The Labute approximate surface area is 131 Å². The van der Waals surface area contributed by atoms with Crippen molar-refractivity contribution in [1.82, 2.24) is 5.43 Å². The summed E-state index contributed by atoms with van der Waals surface area (Å²) < 4.78 is 11.2. The van der Waals surface area contributed by atoms with Crippen molar-refractivity contribution in [2.75, 3.05) is 19.1 Å². The Hall–Kier alpha value is -2.46. The molecular formula is C18H22N2O2. The van der Waals surface area contributed by atoms with Crippen molar-refractivity contribution in [2.45, 2.75) is 13.5 Å². The molecule has 4 heteroatoms. The fourth-order valence-electron chi connectivity index (χ4n) is 1.98. The van der Waals surface area contributed by atoms with Gasteiger partial charge < -0.3 is 14.9 Å². The van der Waals surface area contributed by atoms with Crippen molar-refractivity contribution in [3.8, 4) is 11.5 Å². The number of benzene rings is 2. The van der Waals surface area contributed by atoms with Gasteiger partial charge in [0.1, 0.15) is 6.61 Å². The Balaban J connectivity index is 2.04. The average Bonchev–Trinajstić information content (AvgIpc) is 2.54. The van der Waals surface area contributed by atoms with Crippen LogP contribution in [0.3, 0.4) is 0 Å². The zero-order chi connectivity index (χ0) is 15.8. The fourth-order valence-corrected chi connectivity index (χ4v) is 1.98. The lowest BCUT2D eigenvalue weighted by molar-refractivity contribution is 0.316. The predicted molar refractivity (Wildman–Crippen MR) is 90.2 cm³/mol. The molecule has 0 saturated heterocycles. The Morgan fingerprint density at radius 1 is 1.09 bits per heavy atom. The van der Waals surface area contributed by atoms with E-state index in [2.05, 4.69) is 17.4 Å². The number of methoxy groups -OCH3 is 1. The van der Waals surface area contributed by atoms with Gasteiger partial charge in [0.2, 0.25) is 0 Å². The Bertz CT molecular complexity index is 612. The molecule has 2 rings (SSSR count). The molecule has 0 aliphatic rings. The lowest BCUT2D eigenvalue weighted by atomic mass is 10.2. The third-order valence-corrected chi connectivity index (χ3v) is 3.03. The Morgan fingerprint density at radius 2 is 1.86 bits per heavy atom. The summed E-state index contributed by atoms with van der Waals surface area (Å²) in [4.78, 5) is 0. The van der Waals surface area contributed by atoms with Crippen LogP contribution in [0.1, 0.15) is 12.5 Å². The van der Waals surface area contributed by atoms with E-state index < -0.39 is 0 Å². The largest absolute Gasteiger partial charge is 0.493 e. The second kappa shape index (κ2) is 8.10. The van der Waals surface area contributed by atoms with Crippen LogP contribution in [0.15, 0.2) is 60.7 Å². The van der Waals surface area contributed by atoms with Crippen LogP contribution in [0.5, 0.6) is 11.5 Å². The third-order valence-electron chi connectivity index (χ3n) is 3.03. The van der Waals surface area contributed by atoms with Crippen molar-refractivity contribution < 1.29 is 9.47 Å². The van der Waals surface area contributed by atoms with Crippen LogP contribution in [-0.2, 0) is 6.54 Å². The van der Waals surface area contributed by atoms with Crippen molar-refractivity contribution in [1.29, 1.82) is 0 Å². The number of anilines is 1. The van der Waals surface area contributed by atoms with Gasteiger partial charge in [-0.2, -0.15) is 0 Å². The first-order valence-electron chi connectivity index (χ1n) is 7.17. The molecule has 0 bridgehead atoms. The molecule has 2 aromatic carbocycles. The van der Waals surface area contributed by atoms with Crippen molar-refractivity contribution >= 4 is 5.69 Å². The van der Waals surface area contributed by atoms with E-state index in [1.807, 2.05) is 55.5 Å². The van der Waals surface area contributed by atoms with Gasteiger partial charge in [-0.15, -0.1) is 0 Å². The van der Waals surface area contributed by atoms with Crippen molar-refractivity contribution in [2.24, 2.45) is 0 Å². The summed E-state index contributed by atoms with van der Waals surface area (Å²) in [6, 6.07) is 15.8. The first kappa shape index (κ1) is 15.9. The van der Waals surface area contributed by atoms with E-state index in [9.17, 15) is 0 Å². The van der Waals surface area contributed by atoms with Gasteiger partial charge in [0.15, 0.2) is 11.5 Å². The summed E-state index contributed by atoms with van der Waals surface area (Å²) in [6.45, 7) is 6.88. The predicted octanol–water partition coefficient (Wildman–Crippen LogP) is 3.77. The average molecular weight is 298 g/mol. The van der Waals surface area contributed by atoms with Gasteiger partial charge in [-0.05, 0) is 30.7 Å². The topological polar surface area (TPSA) is 42.5 Å². The van der Waals surface area contributed by atoms with Crippen LogP contribution in [-0.4, -0.2) is 13.7 Å². The maximum absolute atomic E-state index is 5.83. The second-order valence-electron chi connectivity index (χ2n) is 5.04. The van der Waals surface area contributed by atoms with Gasteiger partial charge in [0, 0.05) is 17.8 Å². The molecule has 0 unspecified atom stereocenters. The lowest BCUT2D eigenvalue weighted by Crippen LogP contribution is -2.21. The molecule has 4 nitrogen and oxygen atoms in total. The van der Waals surface area contributed by atoms with Gasteiger partial charge in [-0.1, -0.05) is 36.9 Å². The molecule has 0 amide bonds. The standard InChI is InChI=1S/C18H22N2O2/c1-14(2)13-22-18-15(8-7-11-17(18)21-3)12-19-20-16-9-5-4-6-10-16/h4-11,19-20H,1,12-13H2,2-3H3. The summed E-state index contributed by atoms with van der Waals surface area (Å²) >= 11 is 0. The van der Waals surface area contributed by atoms with E-state index in [0.29, 0.717) is 13.2 Å². The molecule has 22 heavy (non-hydrogen) atoms. The number of hydrogen-bond acceptors (Lipinski definition) is 4. The van der Waals surface area contributed by atoms with Gasteiger partial charge in [0.25, 0.3) is 0 Å². The SMILES string of the molecule is C=C(C)COc1c(CNNc2ccccc2)cccc1OC. The van der Waals surface area contributed by atoms with Gasteiger partial charge >= 0.3 is 0 Å². The highest BCUT2D eigenvalue weighted by atomic mass is 16.5. The van der Waals surface area contributed by atoms with E-state index in [1.54, 1.807) is 7.11 Å². The summed E-state index contributed by atoms with van der Waals surface area (Å²) in [5.41, 5.74) is 9.34. The monoisotopic (exact) mass is 298 g/mol. The molecule has 0 heterocycles. The van der Waals surface area contributed by atoms with Gasteiger partial charge in [0.05, 0.1) is 7.11 Å². The summed E-state index contributed by atoms with van der Waals surface area (Å²) in [7, 11) is 1.64. The molecule has 0 spiro atoms. The molecule has 2 N–H and O–H groups in total. The number of nitrogens with one attached hydrogen (secondary N) is 2. The van der Waals surface area contributed by atoms with E-state index in [1.165, 1.54) is 0 Å². The lowest BCUT2D eigenvalue weighted by Gasteiger charge is -2.16. The van der Waals surface area contributed by atoms with Gasteiger partial charge in [-0.25, -0.2) is 5.43 Å². The maximum Gasteiger partial charge on any atom is 0.166 e. The zero-order valence-electron chi connectivity index (χ0n) is 13.1. The highest BCUT2D eigenvalue weighted by molar-refractivity contribution is 5.47. The molecule has 116 valence electrons. The summed E-state index contributed by atoms with van der Waals surface area (Å²) in [5, 5.41) is 0. The van der Waals surface area contributed by atoms with Crippen molar-refractivity contribution in [3.63, 3.8) is 0 Å². The number of ether oxygens (including phenoxy) is 2. The molecule has 0 saturated carbocycles. The minimum absolute atomic E-state index is 0.472. The van der Waals surface area contributed by atoms with Crippen LogP contribution >= 0.6 is 0 Å². The zero-order valence-corrected chi connectivity index (χ0v) is 13.1. The molecule has 0 fully saturated rings. The van der Waals surface area contributed by atoms with Crippen LogP contribution in [0, 0.1) is 0 Å².